The molecule has 202 valence electrons. The molecule has 0 bridgehead atoms. The van der Waals surface area contributed by atoms with Crippen molar-refractivity contribution in [2.45, 2.75) is 56.4 Å². The molecule has 3 atom stereocenters. The average molecular weight is 525 g/mol. The van der Waals surface area contributed by atoms with Crippen LogP contribution in [0.5, 0.6) is 5.75 Å². The Bertz CT molecular complexity index is 1190. The molecule has 0 saturated carbocycles. The number of amides is 2. The van der Waals surface area contributed by atoms with Gasteiger partial charge in [0.05, 0.1) is 12.1 Å². The summed E-state index contributed by atoms with van der Waals surface area (Å²) in [5, 5.41) is 2.98. The van der Waals surface area contributed by atoms with Gasteiger partial charge in [-0.1, -0.05) is 54.6 Å². The van der Waals surface area contributed by atoms with Gasteiger partial charge in [0.1, 0.15) is 18.8 Å². The molecule has 2 amide bonds. The van der Waals surface area contributed by atoms with Crippen molar-refractivity contribution in [2.75, 3.05) is 26.6 Å². The number of ether oxygens (including phenoxy) is 4. The van der Waals surface area contributed by atoms with Crippen LogP contribution >= 0.6 is 0 Å². The van der Waals surface area contributed by atoms with Gasteiger partial charge in [-0.15, -0.1) is 0 Å². The quantitative estimate of drug-likeness (QED) is 0.426. The maximum absolute atomic E-state index is 15.0. The molecule has 1 aliphatic carbocycles. The zero-order chi connectivity index (χ0) is 26.6. The summed E-state index contributed by atoms with van der Waals surface area (Å²) < 4.78 is 38.3. The Morgan fingerprint density at radius 1 is 1.18 bits per heavy atom. The van der Waals surface area contributed by atoms with Crippen LogP contribution in [0.2, 0.25) is 0 Å². The minimum atomic E-state index is -0.911. The van der Waals surface area contributed by atoms with Gasteiger partial charge in [0, 0.05) is 18.2 Å². The minimum Gasteiger partial charge on any atom is -0.485 e. The second-order valence-electron chi connectivity index (χ2n) is 10.3. The minimum absolute atomic E-state index is 0.0298. The monoisotopic (exact) mass is 524 g/mol. The molecule has 38 heavy (non-hydrogen) atoms. The molecule has 2 heterocycles. The molecule has 3 unspecified atom stereocenters. The number of nitrogens with zero attached hydrogens (tertiary/aromatic N) is 1. The topological polar surface area (TPSA) is 86.3 Å². The molecule has 3 aliphatic rings. The summed E-state index contributed by atoms with van der Waals surface area (Å²) in [6.45, 7) is 2.50. The van der Waals surface area contributed by atoms with Crippen LogP contribution in [0.25, 0.3) is 0 Å². The van der Waals surface area contributed by atoms with E-state index in [9.17, 15) is 9.59 Å². The van der Waals surface area contributed by atoms with E-state index >= 15 is 4.39 Å². The Balaban J connectivity index is 1.28. The second kappa shape index (κ2) is 11.1. The summed E-state index contributed by atoms with van der Waals surface area (Å²) in [5.41, 5.74) is -0.00135. The van der Waals surface area contributed by atoms with Crippen molar-refractivity contribution in [3.8, 4) is 5.75 Å². The normalized spacial score (nSPS) is 26.8. The van der Waals surface area contributed by atoms with Crippen LogP contribution in [0.1, 0.15) is 43.7 Å². The SMILES string of the molecule is CC1CC2(COCC(=O)N2)CN1C(=O)OCOC1(c2cccc(F)c2OCc2ccccc2)CC=CCC1. The van der Waals surface area contributed by atoms with Gasteiger partial charge in [-0.05, 0) is 44.2 Å². The summed E-state index contributed by atoms with van der Waals surface area (Å²) in [7, 11) is 0. The summed E-state index contributed by atoms with van der Waals surface area (Å²) in [5.74, 6) is -0.517. The van der Waals surface area contributed by atoms with E-state index < -0.39 is 23.1 Å². The zero-order valence-electron chi connectivity index (χ0n) is 21.5. The lowest BCUT2D eigenvalue weighted by atomic mass is 9.82. The van der Waals surface area contributed by atoms with Crippen LogP contribution in [0, 0.1) is 5.82 Å². The lowest BCUT2D eigenvalue weighted by Crippen LogP contribution is -2.58. The van der Waals surface area contributed by atoms with Gasteiger partial charge in [-0.2, -0.15) is 0 Å². The molecular formula is C29H33FN2O6. The highest BCUT2D eigenvalue weighted by Gasteiger charge is 2.48. The number of carbonyl (C=O) groups excluding carboxylic acids is 2. The Kier molecular flexibility index (Phi) is 7.67. The number of benzene rings is 2. The summed E-state index contributed by atoms with van der Waals surface area (Å²) in [6, 6.07) is 14.2. The van der Waals surface area contributed by atoms with Crippen LogP contribution in [0.4, 0.5) is 9.18 Å². The van der Waals surface area contributed by atoms with Crippen molar-refractivity contribution < 1.29 is 32.9 Å². The molecule has 2 aromatic carbocycles. The first-order valence-corrected chi connectivity index (χ1v) is 13.0. The molecule has 2 saturated heterocycles. The number of para-hydroxylation sites is 1. The molecule has 2 fully saturated rings. The van der Waals surface area contributed by atoms with E-state index in [0.717, 1.165) is 12.0 Å². The lowest BCUT2D eigenvalue weighted by Gasteiger charge is -2.36. The molecule has 2 aliphatic heterocycles. The molecule has 8 nitrogen and oxygen atoms in total. The number of morpholine rings is 1. The predicted octanol–water partition coefficient (Wildman–Crippen LogP) is 4.43. The number of hydrogen-bond acceptors (Lipinski definition) is 6. The number of nitrogens with one attached hydrogen (secondary N) is 1. The Morgan fingerprint density at radius 3 is 2.79 bits per heavy atom. The first-order valence-electron chi connectivity index (χ1n) is 13.0. The first-order chi connectivity index (χ1) is 18.4. The molecule has 1 spiro atoms. The van der Waals surface area contributed by atoms with Crippen LogP contribution in [-0.4, -0.2) is 55.0 Å². The average Bonchev–Trinajstić information content (AvgIpc) is 3.23. The van der Waals surface area contributed by atoms with Crippen molar-refractivity contribution in [1.29, 1.82) is 0 Å². The Labute approximate surface area is 221 Å². The summed E-state index contributed by atoms with van der Waals surface area (Å²) in [4.78, 5) is 26.5. The van der Waals surface area contributed by atoms with Gasteiger partial charge >= 0.3 is 6.09 Å². The maximum atomic E-state index is 15.0. The molecule has 2 aromatic rings. The molecule has 1 N–H and O–H groups in total. The van der Waals surface area contributed by atoms with E-state index in [1.807, 2.05) is 49.4 Å². The van der Waals surface area contributed by atoms with Crippen molar-refractivity contribution in [1.82, 2.24) is 10.2 Å². The highest BCUT2D eigenvalue weighted by molar-refractivity contribution is 5.79. The van der Waals surface area contributed by atoms with Gasteiger partial charge in [0.25, 0.3) is 0 Å². The fourth-order valence-electron chi connectivity index (χ4n) is 5.65. The van der Waals surface area contributed by atoms with Gasteiger partial charge in [0.15, 0.2) is 18.4 Å². The number of carbonyl (C=O) groups is 2. The van der Waals surface area contributed by atoms with E-state index in [2.05, 4.69) is 11.4 Å². The van der Waals surface area contributed by atoms with E-state index in [-0.39, 0.29) is 37.7 Å². The van der Waals surface area contributed by atoms with Crippen LogP contribution < -0.4 is 10.1 Å². The van der Waals surface area contributed by atoms with E-state index in [0.29, 0.717) is 38.0 Å². The predicted molar refractivity (Wildman–Crippen MR) is 137 cm³/mol. The van der Waals surface area contributed by atoms with Crippen molar-refractivity contribution in [3.63, 3.8) is 0 Å². The second-order valence-corrected chi connectivity index (χ2v) is 10.3. The van der Waals surface area contributed by atoms with E-state index in [4.69, 9.17) is 18.9 Å². The van der Waals surface area contributed by atoms with Gasteiger partial charge < -0.3 is 29.2 Å². The Hall–Kier alpha value is -3.43. The number of rotatable bonds is 7. The molecule has 5 rings (SSSR count). The standard InChI is InChI=1S/C29H33FN2O6/c1-21-15-28(19-35-17-25(33)31-28)18-32(21)27(34)37-20-38-29(13-6-3-7-14-29)23-11-8-12-24(30)26(23)36-16-22-9-4-2-5-10-22/h2-6,8-12,21H,7,13-20H2,1H3,(H,31,33). The van der Waals surface area contributed by atoms with Gasteiger partial charge in [-0.25, -0.2) is 9.18 Å². The molecule has 0 aromatic heterocycles. The molecular weight excluding hydrogens is 491 g/mol. The number of allylic oxidation sites excluding steroid dienone is 1. The molecule has 9 heteroatoms. The first kappa shape index (κ1) is 26.2. The maximum Gasteiger partial charge on any atom is 0.412 e. The third-order valence-corrected chi connectivity index (χ3v) is 7.47. The van der Waals surface area contributed by atoms with Crippen molar-refractivity contribution in [3.05, 3.63) is 77.6 Å². The smallest absolute Gasteiger partial charge is 0.412 e. The fourth-order valence-corrected chi connectivity index (χ4v) is 5.65. The molecule has 0 radical (unpaired) electrons. The third-order valence-electron chi connectivity index (χ3n) is 7.47. The van der Waals surface area contributed by atoms with E-state index in [1.54, 1.807) is 11.0 Å². The zero-order valence-corrected chi connectivity index (χ0v) is 21.5. The number of halogens is 1. The summed E-state index contributed by atoms with van der Waals surface area (Å²) >= 11 is 0. The number of hydrogen-bond donors (Lipinski definition) is 1. The summed E-state index contributed by atoms with van der Waals surface area (Å²) in [6.07, 6.45) is 5.90. The number of likely N-dealkylation sites (tertiary alicyclic amines) is 1. The van der Waals surface area contributed by atoms with Gasteiger partial charge in [-0.3, -0.25) is 4.79 Å². The van der Waals surface area contributed by atoms with Crippen molar-refractivity contribution >= 4 is 12.0 Å². The van der Waals surface area contributed by atoms with Crippen LogP contribution in [0.15, 0.2) is 60.7 Å². The highest BCUT2D eigenvalue weighted by atomic mass is 19.1. The van der Waals surface area contributed by atoms with E-state index in [1.165, 1.54) is 6.07 Å². The van der Waals surface area contributed by atoms with Crippen LogP contribution in [0.3, 0.4) is 0 Å². The largest absolute Gasteiger partial charge is 0.485 e. The van der Waals surface area contributed by atoms with Gasteiger partial charge in [0.2, 0.25) is 5.91 Å². The van der Waals surface area contributed by atoms with Crippen LogP contribution in [-0.2, 0) is 31.2 Å². The lowest BCUT2D eigenvalue weighted by molar-refractivity contribution is -0.136. The highest BCUT2D eigenvalue weighted by Crippen LogP contribution is 2.43. The third kappa shape index (κ3) is 5.54. The Morgan fingerprint density at radius 2 is 2.03 bits per heavy atom. The fraction of sp³-hybridized carbons (Fsp3) is 0.448. The van der Waals surface area contributed by atoms with Crippen molar-refractivity contribution in [2.24, 2.45) is 0 Å².